The number of rotatable bonds is 4. The minimum absolute atomic E-state index is 0.0607. The van der Waals surface area contributed by atoms with Gasteiger partial charge in [0.05, 0.1) is 19.9 Å². The van der Waals surface area contributed by atoms with Crippen molar-refractivity contribution in [2.24, 2.45) is 5.14 Å². The molecule has 1 aromatic carbocycles. The summed E-state index contributed by atoms with van der Waals surface area (Å²) in [5.41, 5.74) is -0.794. The largest absolute Gasteiger partial charge is 0.493 e. The molecule has 0 aliphatic carbocycles. The predicted molar refractivity (Wildman–Crippen MR) is 80.8 cm³/mol. The van der Waals surface area contributed by atoms with Crippen molar-refractivity contribution < 1.29 is 27.4 Å². The Bertz CT molecular complexity index is 664. The lowest BCUT2D eigenvalue weighted by molar-refractivity contribution is 0.0635. The van der Waals surface area contributed by atoms with Crippen LogP contribution in [-0.4, -0.2) is 34.3 Å². The minimum atomic E-state index is -4.09. The highest BCUT2D eigenvalue weighted by Crippen LogP contribution is 2.35. The molecule has 1 aromatic rings. The van der Waals surface area contributed by atoms with E-state index in [-0.39, 0.29) is 22.1 Å². The van der Waals surface area contributed by atoms with Crippen molar-refractivity contribution in [3.05, 3.63) is 12.1 Å². The van der Waals surface area contributed by atoms with Gasteiger partial charge in [0.2, 0.25) is 10.0 Å². The van der Waals surface area contributed by atoms with Gasteiger partial charge >= 0.3 is 6.09 Å². The zero-order valence-electron chi connectivity index (χ0n) is 13.1. The third-order valence-corrected chi connectivity index (χ3v) is 3.38. The number of primary sulfonamides is 1. The molecule has 124 valence electrons. The average Bonchev–Trinajstić information content (AvgIpc) is 2.34. The Labute approximate surface area is 129 Å². The van der Waals surface area contributed by atoms with Crippen LogP contribution in [0.1, 0.15) is 20.8 Å². The number of anilines is 1. The molecule has 0 aliphatic rings. The fraction of sp³-hybridized carbons (Fsp3) is 0.462. The lowest BCUT2D eigenvalue weighted by atomic mass is 10.2. The predicted octanol–water partition coefficient (Wildman–Crippen LogP) is 1.70. The normalized spacial score (nSPS) is 11.7. The van der Waals surface area contributed by atoms with Crippen molar-refractivity contribution in [2.75, 3.05) is 19.5 Å². The second kappa shape index (κ2) is 6.41. The second-order valence-electron chi connectivity index (χ2n) is 5.38. The second-order valence-corrected chi connectivity index (χ2v) is 6.91. The molecule has 0 radical (unpaired) electrons. The standard InChI is InChI=1S/C13H20N2O6S/c1-13(2,3)21-12(16)15-8-6-9(19-4)10(20-5)7-11(8)22(14,17)18/h6-7H,1-5H3,(H,15,16)(H2,14,17,18). The third kappa shape index (κ3) is 4.78. The number of hydrogen-bond acceptors (Lipinski definition) is 6. The molecule has 1 rings (SSSR count). The molecule has 0 unspecified atom stereocenters. The van der Waals surface area contributed by atoms with Gasteiger partial charge in [0.1, 0.15) is 10.5 Å². The van der Waals surface area contributed by atoms with E-state index < -0.39 is 21.7 Å². The molecule has 0 aliphatic heterocycles. The first-order valence-electron chi connectivity index (χ1n) is 6.26. The molecule has 8 nitrogen and oxygen atoms in total. The maximum absolute atomic E-state index is 11.8. The molecule has 0 aromatic heterocycles. The number of benzene rings is 1. The molecular formula is C13H20N2O6S. The summed E-state index contributed by atoms with van der Waals surface area (Å²) < 4.78 is 38.5. The Morgan fingerprint density at radius 3 is 2.05 bits per heavy atom. The van der Waals surface area contributed by atoms with Crippen LogP contribution in [0.2, 0.25) is 0 Å². The number of sulfonamides is 1. The van der Waals surface area contributed by atoms with E-state index in [9.17, 15) is 13.2 Å². The molecule has 0 saturated heterocycles. The van der Waals surface area contributed by atoms with E-state index in [1.165, 1.54) is 26.4 Å². The quantitative estimate of drug-likeness (QED) is 0.866. The lowest BCUT2D eigenvalue weighted by Crippen LogP contribution is -2.28. The molecule has 0 atom stereocenters. The summed E-state index contributed by atoms with van der Waals surface area (Å²) in [5, 5.41) is 7.50. The Kier molecular flexibility index (Phi) is 5.26. The highest BCUT2D eigenvalue weighted by molar-refractivity contribution is 7.89. The van der Waals surface area contributed by atoms with Crippen molar-refractivity contribution in [3.63, 3.8) is 0 Å². The van der Waals surface area contributed by atoms with E-state index >= 15 is 0 Å². The minimum Gasteiger partial charge on any atom is -0.493 e. The van der Waals surface area contributed by atoms with E-state index in [1.54, 1.807) is 20.8 Å². The van der Waals surface area contributed by atoms with Crippen molar-refractivity contribution in [2.45, 2.75) is 31.3 Å². The van der Waals surface area contributed by atoms with Crippen LogP contribution in [-0.2, 0) is 14.8 Å². The van der Waals surface area contributed by atoms with Gasteiger partial charge in [0.15, 0.2) is 11.5 Å². The number of methoxy groups -OCH3 is 2. The molecule has 0 bridgehead atoms. The number of hydrogen-bond donors (Lipinski definition) is 2. The molecule has 3 N–H and O–H groups in total. The molecule has 0 fully saturated rings. The first kappa shape index (κ1) is 18.1. The topological polar surface area (TPSA) is 117 Å². The Morgan fingerprint density at radius 1 is 1.14 bits per heavy atom. The van der Waals surface area contributed by atoms with Crippen LogP contribution in [0.15, 0.2) is 17.0 Å². The lowest BCUT2D eigenvalue weighted by Gasteiger charge is -2.20. The van der Waals surface area contributed by atoms with E-state index in [1.807, 2.05) is 0 Å². The highest BCUT2D eigenvalue weighted by atomic mass is 32.2. The average molecular weight is 332 g/mol. The molecule has 1 amide bonds. The Hall–Kier alpha value is -2.00. The van der Waals surface area contributed by atoms with Gasteiger partial charge < -0.3 is 14.2 Å². The number of ether oxygens (including phenoxy) is 3. The zero-order chi connectivity index (χ0) is 17.1. The van der Waals surface area contributed by atoms with Gasteiger partial charge in [-0.1, -0.05) is 0 Å². The van der Waals surface area contributed by atoms with Crippen molar-refractivity contribution >= 4 is 21.8 Å². The van der Waals surface area contributed by atoms with Gasteiger partial charge in [0, 0.05) is 12.1 Å². The number of carbonyl (C=O) groups is 1. The molecule has 0 heterocycles. The Balaban J connectivity index is 3.30. The van der Waals surface area contributed by atoms with Crippen molar-refractivity contribution in [1.82, 2.24) is 0 Å². The first-order valence-corrected chi connectivity index (χ1v) is 7.81. The van der Waals surface area contributed by atoms with Crippen molar-refractivity contribution in [1.29, 1.82) is 0 Å². The summed E-state index contributed by atoms with van der Waals surface area (Å²) >= 11 is 0. The van der Waals surface area contributed by atoms with Crippen LogP contribution < -0.4 is 19.9 Å². The number of amides is 1. The van der Waals surface area contributed by atoms with Crippen molar-refractivity contribution in [3.8, 4) is 11.5 Å². The third-order valence-electron chi connectivity index (χ3n) is 2.43. The van der Waals surface area contributed by atoms with Crippen LogP contribution in [0.4, 0.5) is 10.5 Å². The molecule has 0 saturated carbocycles. The summed E-state index contributed by atoms with van der Waals surface area (Å²) in [6.07, 6.45) is -0.815. The number of nitrogens with one attached hydrogen (secondary N) is 1. The van der Waals surface area contributed by atoms with Gasteiger partial charge in [-0.15, -0.1) is 0 Å². The fourth-order valence-electron chi connectivity index (χ4n) is 1.61. The van der Waals surface area contributed by atoms with Gasteiger partial charge in [-0.05, 0) is 20.8 Å². The zero-order valence-corrected chi connectivity index (χ0v) is 13.9. The maximum Gasteiger partial charge on any atom is 0.412 e. The molecule has 9 heteroatoms. The summed E-state index contributed by atoms with van der Waals surface area (Å²) in [6, 6.07) is 2.46. The van der Waals surface area contributed by atoms with Crippen LogP contribution >= 0.6 is 0 Å². The van der Waals surface area contributed by atoms with Crippen LogP contribution in [0.25, 0.3) is 0 Å². The smallest absolute Gasteiger partial charge is 0.412 e. The molecule has 0 spiro atoms. The SMILES string of the molecule is COc1cc(NC(=O)OC(C)(C)C)c(S(N)(=O)=O)cc1OC. The van der Waals surface area contributed by atoms with Gasteiger partial charge in [-0.2, -0.15) is 0 Å². The number of nitrogens with two attached hydrogens (primary N) is 1. The Morgan fingerprint density at radius 2 is 1.64 bits per heavy atom. The van der Waals surface area contributed by atoms with Crippen LogP contribution in [0.3, 0.4) is 0 Å². The van der Waals surface area contributed by atoms with E-state index in [4.69, 9.17) is 19.3 Å². The van der Waals surface area contributed by atoms with Gasteiger partial charge in [-0.3, -0.25) is 5.32 Å². The molecular weight excluding hydrogens is 312 g/mol. The van der Waals surface area contributed by atoms with E-state index in [0.717, 1.165) is 0 Å². The summed E-state index contributed by atoms with van der Waals surface area (Å²) in [6.45, 7) is 5.05. The van der Waals surface area contributed by atoms with Crippen LogP contribution in [0, 0.1) is 0 Å². The summed E-state index contributed by atoms with van der Waals surface area (Å²) in [7, 11) is -1.35. The van der Waals surface area contributed by atoms with E-state index in [0.29, 0.717) is 0 Å². The van der Waals surface area contributed by atoms with Crippen LogP contribution in [0.5, 0.6) is 11.5 Å². The fourth-order valence-corrected chi connectivity index (χ4v) is 2.29. The van der Waals surface area contributed by atoms with E-state index in [2.05, 4.69) is 5.32 Å². The molecule has 22 heavy (non-hydrogen) atoms. The van der Waals surface area contributed by atoms with Gasteiger partial charge in [-0.25, -0.2) is 18.4 Å². The summed E-state index contributed by atoms with van der Waals surface area (Å²) in [4.78, 5) is 11.5. The highest BCUT2D eigenvalue weighted by Gasteiger charge is 2.23. The number of carbonyl (C=O) groups excluding carboxylic acids is 1. The maximum atomic E-state index is 11.8. The monoisotopic (exact) mass is 332 g/mol. The summed E-state index contributed by atoms with van der Waals surface area (Å²) in [5.74, 6) is 0.405. The van der Waals surface area contributed by atoms with Gasteiger partial charge in [0.25, 0.3) is 0 Å². The first-order chi connectivity index (χ1) is 9.97.